The lowest BCUT2D eigenvalue weighted by Crippen LogP contribution is -2.28. The number of aliphatic hydroxyl groups excluding tert-OH is 1. The number of epoxide rings is 1. The monoisotopic (exact) mass is 274 g/mol. The summed E-state index contributed by atoms with van der Waals surface area (Å²) < 4.78 is 5.24. The minimum absolute atomic E-state index is 0.128. The highest BCUT2D eigenvalue weighted by molar-refractivity contribution is 4.86. The van der Waals surface area contributed by atoms with Crippen LogP contribution in [0, 0.1) is 0 Å². The predicted octanol–water partition coefficient (Wildman–Crippen LogP) is 3.67. The number of unbranched alkanes of at least 4 members (excludes halogenated alkanes) is 4. The molecule has 2 atom stereocenters. The normalized spacial score (nSPS) is 24.3. The maximum atomic E-state index is 9.30. The van der Waals surface area contributed by atoms with Crippen molar-refractivity contribution in [2.24, 2.45) is 0 Å². The number of hydrogen-bond acceptors (Lipinski definition) is 3. The Hall–Kier alpha value is -0.120. The third-order valence-electron chi connectivity index (χ3n) is 3.61. The zero-order chi connectivity index (χ0) is 14.8. The largest absolute Gasteiger partial charge is 0.393 e. The van der Waals surface area contributed by atoms with Crippen LogP contribution < -0.4 is 0 Å². The Morgan fingerprint density at radius 1 is 1.11 bits per heavy atom. The Balaban J connectivity index is 0.000000342. The summed E-state index contributed by atoms with van der Waals surface area (Å²) >= 11 is 0. The highest BCUT2D eigenvalue weighted by Gasteiger charge is 2.37. The van der Waals surface area contributed by atoms with Crippen LogP contribution in [-0.2, 0) is 4.74 Å². The van der Waals surface area contributed by atoms with Crippen molar-refractivity contribution in [3.8, 4) is 0 Å². The van der Waals surface area contributed by atoms with Crippen LogP contribution in [0.3, 0.4) is 0 Å². The molecule has 0 radical (unpaired) electrons. The molecule has 1 rings (SSSR count). The van der Waals surface area contributed by atoms with Crippen molar-refractivity contribution in [1.82, 2.24) is 0 Å². The minimum atomic E-state index is -0.852. The molecule has 0 bridgehead atoms. The Labute approximate surface area is 119 Å². The van der Waals surface area contributed by atoms with Crippen molar-refractivity contribution in [1.29, 1.82) is 0 Å². The fourth-order valence-electron chi connectivity index (χ4n) is 1.85. The van der Waals surface area contributed by atoms with Gasteiger partial charge < -0.3 is 14.9 Å². The molecule has 0 aromatic heterocycles. The summed E-state index contributed by atoms with van der Waals surface area (Å²) in [6, 6.07) is 0. The summed E-state index contributed by atoms with van der Waals surface area (Å²) in [6.45, 7) is 9.09. The van der Waals surface area contributed by atoms with E-state index in [9.17, 15) is 5.11 Å². The first-order valence-corrected chi connectivity index (χ1v) is 7.86. The van der Waals surface area contributed by atoms with Crippen molar-refractivity contribution in [3.63, 3.8) is 0 Å². The van der Waals surface area contributed by atoms with Crippen molar-refractivity contribution in [2.45, 2.75) is 90.3 Å². The molecule has 0 aromatic rings. The van der Waals surface area contributed by atoms with Gasteiger partial charge in [-0.3, -0.25) is 0 Å². The van der Waals surface area contributed by atoms with Gasteiger partial charge in [0.1, 0.15) is 0 Å². The quantitative estimate of drug-likeness (QED) is 0.498. The van der Waals surface area contributed by atoms with Gasteiger partial charge in [0, 0.05) is 0 Å². The summed E-state index contributed by atoms with van der Waals surface area (Å²) in [5, 5.41) is 17.9. The number of hydrogen-bond donors (Lipinski definition) is 2. The molecule has 0 saturated carbocycles. The maximum absolute atomic E-state index is 9.30. The Morgan fingerprint density at radius 3 is 2.05 bits per heavy atom. The maximum Gasteiger partial charge on any atom is 0.0888 e. The lowest BCUT2D eigenvalue weighted by Gasteiger charge is -2.19. The molecular formula is C16H34O3. The molecule has 3 heteroatoms. The van der Waals surface area contributed by atoms with Gasteiger partial charge in [0.25, 0.3) is 0 Å². The van der Waals surface area contributed by atoms with Crippen LogP contribution in [0.1, 0.15) is 79.1 Å². The van der Waals surface area contributed by atoms with E-state index >= 15 is 0 Å². The van der Waals surface area contributed by atoms with Gasteiger partial charge in [0.05, 0.1) is 24.4 Å². The second-order valence-corrected chi connectivity index (χ2v) is 6.31. The van der Waals surface area contributed by atoms with Gasteiger partial charge in [-0.2, -0.15) is 0 Å². The van der Waals surface area contributed by atoms with Gasteiger partial charge in [-0.1, -0.05) is 52.4 Å². The third-order valence-corrected chi connectivity index (χ3v) is 3.61. The van der Waals surface area contributed by atoms with E-state index in [4.69, 9.17) is 9.84 Å². The van der Waals surface area contributed by atoms with Crippen LogP contribution in [0.5, 0.6) is 0 Å². The number of rotatable bonds is 9. The van der Waals surface area contributed by atoms with Crippen molar-refractivity contribution in [3.05, 3.63) is 0 Å². The molecule has 19 heavy (non-hydrogen) atoms. The Bertz CT molecular complexity index is 210. The number of aliphatic hydroxyl groups is 2. The standard InChI is InChI=1S/C8H18O2.C8H16O/c1-3-4-5-6-8(2,10)7-9;1-3-4-5-6-8(2)7-9-8/h9-10H,3-7H2,1-2H3;3-7H2,1-2H3. The van der Waals surface area contributed by atoms with Gasteiger partial charge in [-0.15, -0.1) is 0 Å². The van der Waals surface area contributed by atoms with E-state index in [-0.39, 0.29) is 6.61 Å². The van der Waals surface area contributed by atoms with E-state index in [2.05, 4.69) is 20.8 Å². The molecule has 0 spiro atoms. The van der Waals surface area contributed by atoms with Gasteiger partial charge in [0.2, 0.25) is 0 Å². The average molecular weight is 274 g/mol. The lowest BCUT2D eigenvalue weighted by molar-refractivity contribution is -0.00686. The first kappa shape index (κ1) is 18.9. The summed E-state index contributed by atoms with van der Waals surface area (Å²) in [5.74, 6) is 0. The van der Waals surface area contributed by atoms with Crippen LogP contribution in [0.2, 0.25) is 0 Å². The average Bonchev–Trinajstić information content (AvgIpc) is 3.09. The van der Waals surface area contributed by atoms with E-state index in [1.165, 1.54) is 25.7 Å². The van der Waals surface area contributed by atoms with Crippen LogP contribution in [-0.4, -0.2) is 34.6 Å². The third kappa shape index (κ3) is 11.4. The van der Waals surface area contributed by atoms with Crippen molar-refractivity contribution in [2.75, 3.05) is 13.2 Å². The zero-order valence-electron chi connectivity index (χ0n) is 13.4. The minimum Gasteiger partial charge on any atom is -0.393 e. The molecule has 116 valence electrons. The van der Waals surface area contributed by atoms with E-state index in [1.54, 1.807) is 6.92 Å². The smallest absolute Gasteiger partial charge is 0.0888 e. The predicted molar refractivity (Wildman–Crippen MR) is 80.4 cm³/mol. The van der Waals surface area contributed by atoms with Crippen molar-refractivity contribution < 1.29 is 14.9 Å². The topological polar surface area (TPSA) is 53.0 Å². The molecule has 1 heterocycles. The van der Waals surface area contributed by atoms with E-state index in [1.807, 2.05) is 0 Å². The summed E-state index contributed by atoms with van der Waals surface area (Å²) in [6.07, 6.45) is 9.28. The summed E-state index contributed by atoms with van der Waals surface area (Å²) in [5.41, 5.74) is -0.551. The summed E-state index contributed by atoms with van der Waals surface area (Å²) in [4.78, 5) is 0. The molecule has 0 aliphatic carbocycles. The Morgan fingerprint density at radius 2 is 1.63 bits per heavy atom. The molecule has 2 unspecified atom stereocenters. The molecular weight excluding hydrogens is 240 g/mol. The molecule has 1 saturated heterocycles. The highest BCUT2D eigenvalue weighted by atomic mass is 16.6. The summed E-state index contributed by atoms with van der Waals surface area (Å²) in [7, 11) is 0. The fourth-order valence-corrected chi connectivity index (χ4v) is 1.85. The van der Waals surface area contributed by atoms with Crippen LogP contribution in [0.25, 0.3) is 0 Å². The number of ether oxygens (including phenoxy) is 1. The van der Waals surface area contributed by atoms with Gasteiger partial charge in [-0.25, -0.2) is 0 Å². The molecule has 0 aromatic carbocycles. The molecule has 0 amide bonds. The second-order valence-electron chi connectivity index (χ2n) is 6.31. The van der Waals surface area contributed by atoms with Gasteiger partial charge >= 0.3 is 0 Å². The van der Waals surface area contributed by atoms with E-state index in [0.717, 1.165) is 25.9 Å². The molecule has 1 fully saturated rings. The van der Waals surface area contributed by atoms with E-state index < -0.39 is 5.60 Å². The van der Waals surface area contributed by atoms with Crippen LogP contribution in [0.4, 0.5) is 0 Å². The van der Waals surface area contributed by atoms with E-state index in [0.29, 0.717) is 12.0 Å². The Kier molecular flexibility index (Phi) is 9.67. The van der Waals surface area contributed by atoms with Crippen LogP contribution >= 0.6 is 0 Å². The molecule has 1 aliphatic rings. The van der Waals surface area contributed by atoms with Crippen molar-refractivity contribution >= 4 is 0 Å². The van der Waals surface area contributed by atoms with Gasteiger partial charge in [-0.05, 0) is 26.7 Å². The first-order chi connectivity index (χ1) is 8.89. The highest BCUT2D eigenvalue weighted by Crippen LogP contribution is 2.31. The second kappa shape index (κ2) is 9.73. The lowest BCUT2D eigenvalue weighted by atomic mass is 10.00. The zero-order valence-corrected chi connectivity index (χ0v) is 13.4. The SMILES string of the molecule is CCCCCC(C)(O)CO.CCCCCC1(C)CO1. The molecule has 3 nitrogen and oxygen atoms in total. The first-order valence-electron chi connectivity index (χ1n) is 7.86. The van der Waals surface area contributed by atoms with Crippen LogP contribution in [0.15, 0.2) is 0 Å². The molecule has 1 aliphatic heterocycles. The fraction of sp³-hybridized carbons (Fsp3) is 1.00. The van der Waals surface area contributed by atoms with Gasteiger partial charge in [0.15, 0.2) is 0 Å². The molecule has 2 N–H and O–H groups in total.